The molecule has 1 aromatic carbocycles. The first-order valence-corrected chi connectivity index (χ1v) is 6.13. The fraction of sp³-hybridized carbons (Fsp3) is 0.400. The third-order valence-electron chi connectivity index (χ3n) is 2.77. The van der Waals surface area contributed by atoms with Gasteiger partial charge in [0.05, 0.1) is 13.5 Å². The third kappa shape index (κ3) is 3.91. The van der Waals surface area contributed by atoms with Gasteiger partial charge in [0.1, 0.15) is 5.75 Å². The van der Waals surface area contributed by atoms with Crippen LogP contribution in [0.25, 0.3) is 0 Å². The predicted octanol–water partition coefficient (Wildman–Crippen LogP) is 2.66. The molecular formula is C15H21NO2. The third-order valence-corrected chi connectivity index (χ3v) is 2.77. The minimum atomic E-state index is -0.0227. The van der Waals surface area contributed by atoms with Crippen LogP contribution >= 0.6 is 0 Å². The van der Waals surface area contributed by atoms with Crippen molar-refractivity contribution in [2.45, 2.75) is 26.2 Å². The van der Waals surface area contributed by atoms with Crippen LogP contribution < -0.4 is 10.1 Å². The van der Waals surface area contributed by atoms with Gasteiger partial charge in [-0.1, -0.05) is 32.1 Å². The van der Waals surface area contributed by atoms with E-state index in [1.807, 2.05) is 18.2 Å². The van der Waals surface area contributed by atoms with Gasteiger partial charge >= 0.3 is 0 Å². The van der Waals surface area contributed by atoms with E-state index in [-0.39, 0.29) is 5.91 Å². The van der Waals surface area contributed by atoms with Crippen LogP contribution in [0.4, 0.5) is 0 Å². The van der Waals surface area contributed by atoms with Gasteiger partial charge in [0.2, 0.25) is 5.91 Å². The Morgan fingerprint density at radius 1 is 1.50 bits per heavy atom. The van der Waals surface area contributed by atoms with Crippen molar-refractivity contribution in [1.29, 1.82) is 0 Å². The van der Waals surface area contributed by atoms with Crippen LogP contribution in [0.15, 0.2) is 30.9 Å². The molecule has 3 nitrogen and oxygen atoms in total. The van der Waals surface area contributed by atoms with E-state index in [9.17, 15) is 4.79 Å². The summed E-state index contributed by atoms with van der Waals surface area (Å²) in [6.45, 7) is 8.32. The molecular weight excluding hydrogens is 226 g/mol. The number of hydrogen-bond donors (Lipinski definition) is 1. The Morgan fingerprint density at radius 2 is 2.22 bits per heavy atom. The highest BCUT2D eigenvalue weighted by atomic mass is 16.5. The van der Waals surface area contributed by atoms with Gasteiger partial charge in [-0.25, -0.2) is 0 Å². The summed E-state index contributed by atoms with van der Waals surface area (Å²) < 4.78 is 5.34. The second-order valence-electron chi connectivity index (χ2n) is 4.50. The summed E-state index contributed by atoms with van der Waals surface area (Å²) in [5.41, 5.74) is 2.12. The topological polar surface area (TPSA) is 38.3 Å². The monoisotopic (exact) mass is 247 g/mol. The van der Waals surface area contributed by atoms with Crippen molar-refractivity contribution >= 4 is 5.91 Å². The Balaban J connectivity index is 2.82. The van der Waals surface area contributed by atoms with Crippen molar-refractivity contribution in [1.82, 2.24) is 5.32 Å². The molecule has 98 valence electrons. The molecule has 0 heterocycles. The molecule has 0 fully saturated rings. The number of nitrogens with one attached hydrogen (secondary N) is 1. The Bertz CT molecular complexity index is 425. The molecule has 0 saturated heterocycles. The summed E-state index contributed by atoms with van der Waals surface area (Å²) in [6.07, 6.45) is 1.99. The fourth-order valence-corrected chi connectivity index (χ4v) is 1.69. The molecule has 0 aliphatic heterocycles. The molecule has 1 aromatic rings. The lowest BCUT2D eigenvalue weighted by Crippen LogP contribution is -2.25. The summed E-state index contributed by atoms with van der Waals surface area (Å²) in [4.78, 5) is 11.6. The Labute approximate surface area is 109 Å². The van der Waals surface area contributed by atoms with Gasteiger partial charge < -0.3 is 10.1 Å². The lowest BCUT2D eigenvalue weighted by atomic mass is 9.99. The summed E-state index contributed by atoms with van der Waals surface area (Å²) in [7, 11) is 1.63. The first-order chi connectivity index (χ1) is 8.58. The summed E-state index contributed by atoms with van der Waals surface area (Å²) >= 11 is 0. The number of carbonyl (C=O) groups excluding carboxylic acids is 1. The lowest BCUT2D eigenvalue weighted by molar-refractivity contribution is -0.120. The number of rotatable bonds is 6. The molecule has 1 amide bonds. The molecule has 1 rings (SSSR count). The lowest BCUT2D eigenvalue weighted by Gasteiger charge is -2.12. The number of methoxy groups -OCH3 is 1. The van der Waals surface area contributed by atoms with Crippen molar-refractivity contribution in [3.05, 3.63) is 42.0 Å². The maximum atomic E-state index is 11.6. The van der Waals surface area contributed by atoms with Gasteiger partial charge in [-0.05, 0) is 17.5 Å². The molecule has 1 N–H and O–H groups in total. The quantitative estimate of drug-likeness (QED) is 0.785. The van der Waals surface area contributed by atoms with E-state index in [2.05, 4.69) is 25.7 Å². The van der Waals surface area contributed by atoms with Crippen LogP contribution in [0.1, 0.15) is 30.9 Å². The smallest absolute Gasteiger partial charge is 0.224 e. The predicted molar refractivity (Wildman–Crippen MR) is 74.0 cm³/mol. The molecule has 0 bridgehead atoms. The second kappa shape index (κ2) is 6.84. The Hall–Kier alpha value is -1.77. The number of hydrogen-bond acceptors (Lipinski definition) is 2. The highest BCUT2D eigenvalue weighted by Crippen LogP contribution is 2.25. The van der Waals surface area contributed by atoms with Crippen LogP contribution in [0.5, 0.6) is 5.75 Å². The van der Waals surface area contributed by atoms with E-state index in [1.54, 1.807) is 13.2 Å². The largest absolute Gasteiger partial charge is 0.496 e. The molecule has 0 radical (unpaired) electrons. The van der Waals surface area contributed by atoms with Crippen molar-refractivity contribution in [3.63, 3.8) is 0 Å². The Kier molecular flexibility index (Phi) is 5.43. The van der Waals surface area contributed by atoms with Gasteiger partial charge in [0.25, 0.3) is 0 Å². The Morgan fingerprint density at radius 3 is 2.78 bits per heavy atom. The average molecular weight is 247 g/mol. The van der Waals surface area contributed by atoms with E-state index in [0.29, 0.717) is 18.9 Å². The second-order valence-corrected chi connectivity index (χ2v) is 4.50. The van der Waals surface area contributed by atoms with Crippen molar-refractivity contribution in [2.75, 3.05) is 13.7 Å². The van der Waals surface area contributed by atoms with Crippen molar-refractivity contribution in [2.24, 2.45) is 0 Å². The zero-order chi connectivity index (χ0) is 13.5. The van der Waals surface area contributed by atoms with Crippen molar-refractivity contribution in [3.8, 4) is 5.75 Å². The number of amides is 1. The van der Waals surface area contributed by atoms with E-state index in [0.717, 1.165) is 11.3 Å². The number of benzene rings is 1. The highest BCUT2D eigenvalue weighted by Gasteiger charge is 2.10. The first kappa shape index (κ1) is 14.3. The first-order valence-electron chi connectivity index (χ1n) is 6.13. The molecule has 3 heteroatoms. The molecule has 0 saturated carbocycles. The number of carbonyl (C=O) groups is 1. The highest BCUT2D eigenvalue weighted by molar-refractivity contribution is 5.79. The van der Waals surface area contributed by atoms with E-state index >= 15 is 0 Å². The van der Waals surface area contributed by atoms with Crippen molar-refractivity contribution < 1.29 is 9.53 Å². The van der Waals surface area contributed by atoms with Crippen LogP contribution in [0.3, 0.4) is 0 Å². The zero-order valence-electron chi connectivity index (χ0n) is 11.3. The maximum Gasteiger partial charge on any atom is 0.224 e. The van der Waals surface area contributed by atoms with E-state index in [1.165, 1.54) is 5.56 Å². The summed E-state index contributed by atoms with van der Waals surface area (Å²) in [6, 6.07) is 6.01. The van der Waals surface area contributed by atoms with E-state index in [4.69, 9.17) is 4.74 Å². The van der Waals surface area contributed by atoms with Gasteiger partial charge in [-0.2, -0.15) is 0 Å². The van der Waals surface area contributed by atoms with Gasteiger partial charge in [0, 0.05) is 12.1 Å². The molecule has 0 aliphatic rings. The fourth-order valence-electron chi connectivity index (χ4n) is 1.69. The molecule has 0 aromatic heterocycles. The van der Waals surface area contributed by atoms with Gasteiger partial charge in [0.15, 0.2) is 0 Å². The molecule has 0 aliphatic carbocycles. The average Bonchev–Trinajstić information content (AvgIpc) is 2.36. The summed E-state index contributed by atoms with van der Waals surface area (Å²) in [5.74, 6) is 1.20. The molecule has 18 heavy (non-hydrogen) atoms. The van der Waals surface area contributed by atoms with E-state index < -0.39 is 0 Å². The SMILES string of the molecule is C=CCNC(=O)Cc1ccc(C(C)C)cc1OC. The maximum absolute atomic E-state index is 11.6. The standard InChI is InChI=1S/C15H21NO2/c1-5-8-16-15(17)10-13-7-6-12(11(2)3)9-14(13)18-4/h5-7,9,11H,1,8,10H2,2-4H3,(H,16,17). The van der Waals surface area contributed by atoms with Crippen LogP contribution in [0.2, 0.25) is 0 Å². The number of ether oxygens (including phenoxy) is 1. The minimum Gasteiger partial charge on any atom is -0.496 e. The van der Waals surface area contributed by atoms with Gasteiger partial charge in [-0.3, -0.25) is 4.79 Å². The molecule has 0 unspecified atom stereocenters. The van der Waals surface area contributed by atoms with Crippen LogP contribution in [-0.2, 0) is 11.2 Å². The minimum absolute atomic E-state index is 0.0227. The molecule has 0 spiro atoms. The normalized spacial score (nSPS) is 10.2. The molecule has 0 atom stereocenters. The summed E-state index contributed by atoms with van der Waals surface area (Å²) in [5, 5.41) is 2.76. The van der Waals surface area contributed by atoms with Crippen LogP contribution in [-0.4, -0.2) is 19.6 Å². The zero-order valence-corrected chi connectivity index (χ0v) is 11.3. The van der Waals surface area contributed by atoms with Crippen LogP contribution in [0, 0.1) is 0 Å². The van der Waals surface area contributed by atoms with Gasteiger partial charge in [-0.15, -0.1) is 6.58 Å².